The number of esters is 1. The first-order chi connectivity index (χ1) is 15.0. The largest absolute Gasteiger partial charge is 0.481 e. The van der Waals surface area contributed by atoms with E-state index in [1.165, 1.54) is 31.4 Å². The zero-order valence-corrected chi connectivity index (χ0v) is 16.9. The molecule has 1 saturated heterocycles. The number of carbonyl (C=O) groups is 2. The topological polar surface area (TPSA) is 117 Å². The summed E-state index contributed by atoms with van der Waals surface area (Å²) in [5.74, 6) is 0.240. The van der Waals surface area contributed by atoms with Gasteiger partial charge in [-0.25, -0.2) is 4.79 Å². The molecule has 1 N–H and O–H groups in total. The van der Waals surface area contributed by atoms with Crippen molar-refractivity contribution in [2.24, 2.45) is 0 Å². The number of hydrogen-bond donors (Lipinski definition) is 1. The molecule has 0 spiro atoms. The van der Waals surface area contributed by atoms with Gasteiger partial charge in [0.15, 0.2) is 6.10 Å². The van der Waals surface area contributed by atoms with Crippen molar-refractivity contribution in [3.8, 4) is 17.2 Å². The van der Waals surface area contributed by atoms with E-state index in [0.29, 0.717) is 30.0 Å². The van der Waals surface area contributed by atoms with Gasteiger partial charge in [-0.05, 0) is 61.2 Å². The molecule has 162 valence electrons. The van der Waals surface area contributed by atoms with E-state index in [4.69, 9.17) is 9.47 Å². The first-order valence-electron chi connectivity index (χ1n) is 9.73. The van der Waals surface area contributed by atoms with Gasteiger partial charge < -0.3 is 19.5 Å². The molecule has 1 fully saturated rings. The zero-order chi connectivity index (χ0) is 22.2. The van der Waals surface area contributed by atoms with Crippen molar-refractivity contribution < 1.29 is 28.7 Å². The minimum Gasteiger partial charge on any atom is -0.481 e. The van der Waals surface area contributed by atoms with Crippen LogP contribution in [0.1, 0.15) is 24.8 Å². The molecule has 1 unspecified atom stereocenters. The summed E-state index contributed by atoms with van der Waals surface area (Å²) in [5, 5.41) is 14.3. The Morgan fingerprint density at radius 1 is 1.16 bits per heavy atom. The number of benzene rings is 2. The highest BCUT2D eigenvalue weighted by molar-refractivity contribution is 5.87. The Balaban J connectivity index is 1.71. The van der Waals surface area contributed by atoms with Crippen LogP contribution in [0.4, 0.5) is 5.69 Å². The summed E-state index contributed by atoms with van der Waals surface area (Å²) >= 11 is 0. The van der Waals surface area contributed by atoms with Gasteiger partial charge >= 0.3 is 11.7 Å². The lowest BCUT2D eigenvalue weighted by atomic mass is 10.1. The lowest BCUT2D eigenvalue weighted by Crippen LogP contribution is -2.36. The third-order valence-electron chi connectivity index (χ3n) is 4.61. The lowest BCUT2D eigenvalue weighted by Gasteiger charge is -2.16. The second kappa shape index (κ2) is 10.2. The number of ether oxygens (including phenoxy) is 3. The zero-order valence-electron chi connectivity index (χ0n) is 16.9. The van der Waals surface area contributed by atoms with Crippen LogP contribution in [0.2, 0.25) is 0 Å². The van der Waals surface area contributed by atoms with Crippen molar-refractivity contribution in [2.75, 3.05) is 13.7 Å². The molecule has 31 heavy (non-hydrogen) atoms. The molecular weight excluding hydrogens is 404 g/mol. The van der Waals surface area contributed by atoms with E-state index in [1.54, 1.807) is 30.3 Å². The van der Waals surface area contributed by atoms with Crippen LogP contribution >= 0.6 is 0 Å². The summed E-state index contributed by atoms with van der Waals surface area (Å²) in [6.07, 6.45) is 4.52. The molecule has 0 radical (unpaired) electrons. The van der Waals surface area contributed by atoms with Crippen LogP contribution in [-0.4, -0.2) is 36.6 Å². The van der Waals surface area contributed by atoms with Crippen LogP contribution in [0, 0.1) is 10.1 Å². The molecule has 0 bridgehead atoms. The highest BCUT2D eigenvalue weighted by atomic mass is 16.6. The monoisotopic (exact) mass is 426 g/mol. The molecule has 9 heteroatoms. The third-order valence-corrected chi connectivity index (χ3v) is 4.61. The first-order valence-corrected chi connectivity index (χ1v) is 9.73. The Morgan fingerprint density at radius 2 is 1.90 bits per heavy atom. The number of amides is 1. The average molecular weight is 426 g/mol. The lowest BCUT2D eigenvalue weighted by molar-refractivity contribution is -0.385. The molecular formula is C22H22N2O7. The van der Waals surface area contributed by atoms with E-state index >= 15 is 0 Å². The molecule has 1 aliphatic rings. The number of nitrogens with zero attached hydrogens (tertiary/aromatic N) is 1. The summed E-state index contributed by atoms with van der Waals surface area (Å²) in [7, 11) is 1.24. The fraction of sp³-hybridized carbons (Fsp3) is 0.273. The number of hydrogen-bond acceptors (Lipinski definition) is 7. The second-order valence-corrected chi connectivity index (χ2v) is 6.81. The third kappa shape index (κ3) is 6.05. The van der Waals surface area contributed by atoms with Crippen molar-refractivity contribution in [3.05, 3.63) is 64.2 Å². The molecule has 0 saturated carbocycles. The van der Waals surface area contributed by atoms with Crippen molar-refractivity contribution in [1.29, 1.82) is 0 Å². The molecule has 3 rings (SSSR count). The summed E-state index contributed by atoms with van der Waals surface area (Å²) in [4.78, 5) is 34.1. The van der Waals surface area contributed by atoms with Crippen LogP contribution in [-0.2, 0) is 14.3 Å². The van der Waals surface area contributed by atoms with Gasteiger partial charge in [-0.3, -0.25) is 14.9 Å². The van der Waals surface area contributed by atoms with Gasteiger partial charge in [0.05, 0.1) is 12.0 Å². The molecule has 1 heterocycles. The van der Waals surface area contributed by atoms with E-state index in [-0.39, 0.29) is 17.3 Å². The Kier molecular flexibility index (Phi) is 7.21. The van der Waals surface area contributed by atoms with Crippen molar-refractivity contribution in [3.63, 3.8) is 0 Å². The van der Waals surface area contributed by atoms with Crippen molar-refractivity contribution in [1.82, 2.24) is 5.32 Å². The Hall–Kier alpha value is -3.88. The van der Waals surface area contributed by atoms with Crippen LogP contribution in [0.3, 0.4) is 0 Å². The highest BCUT2D eigenvalue weighted by Crippen LogP contribution is 2.33. The van der Waals surface area contributed by atoms with Crippen LogP contribution < -0.4 is 14.8 Å². The maximum absolute atomic E-state index is 12.0. The maximum atomic E-state index is 12.0. The second-order valence-electron chi connectivity index (χ2n) is 6.81. The Labute approximate surface area is 178 Å². The molecule has 9 nitrogen and oxygen atoms in total. The first kappa shape index (κ1) is 21.8. The van der Waals surface area contributed by atoms with Gasteiger partial charge in [0.1, 0.15) is 11.5 Å². The smallest absolute Gasteiger partial charge is 0.330 e. The van der Waals surface area contributed by atoms with Gasteiger partial charge in [0, 0.05) is 18.7 Å². The normalized spacial score (nSPS) is 16.3. The predicted octanol–water partition coefficient (Wildman–Crippen LogP) is 3.62. The van der Waals surface area contributed by atoms with Gasteiger partial charge in [-0.15, -0.1) is 0 Å². The molecule has 1 amide bonds. The van der Waals surface area contributed by atoms with Crippen LogP contribution in [0.15, 0.2) is 48.5 Å². The van der Waals surface area contributed by atoms with Gasteiger partial charge in [-0.1, -0.05) is 6.07 Å². The summed E-state index contributed by atoms with van der Waals surface area (Å²) in [6, 6.07) is 10.9. The summed E-state index contributed by atoms with van der Waals surface area (Å²) < 4.78 is 15.9. The quantitative estimate of drug-likeness (QED) is 0.311. The minimum atomic E-state index is -0.563. The molecule has 2 aromatic rings. The number of carbonyl (C=O) groups excluding carboxylic acids is 2. The van der Waals surface area contributed by atoms with E-state index in [2.05, 4.69) is 10.1 Å². The van der Waals surface area contributed by atoms with E-state index in [1.807, 2.05) is 0 Å². The number of nitrogens with one attached hydrogen (secondary N) is 1. The fourth-order valence-corrected chi connectivity index (χ4v) is 3.00. The predicted molar refractivity (Wildman–Crippen MR) is 112 cm³/mol. The molecule has 2 aromatic carbocycles. The average Bonchev–Trinajstić information content (AvgIpc) is 2.98. The molecule has 0 aromatic heterocycles. The minimum absolute atomic E-state index is 0.0528. The van der Waals surface area contributed by atoms with E-state index < -0.39 is 17.0 Å². The molecule has 1 atom stereocenters. The van der Waals surface area contributed by atoms with E-state index in [9.17, 15) is 19.7 Å². The van der Waals surface area contributed by atoms with E-state index in [0.717, 1.165) is 12.8 Å². The van der Waals surface area contributed by atoms with Gasteiger partial charge in [0.25, 0.3) is 5.91 Å². The fourth-order valence-electron chi connectivity index (χ4n) is 3.00. The number of nitro benzene ring substituents is 1. The molecule has 0 aliphatic carbocycles. The molecule has 1 aliphatic heterocycles. The van der Waals surface area contributed by atoms with Gasteiger partial charge in [0.2, 0.25) is 5.75 Å². The van der Waals surface area contributed by atoms with Crippen LogP contribution in [0.5, 0.6) is 17.2 Å². The summed E-state index contributed by atoms with van der Waals surface area (Å²) in [5.41, 5.74) is 0.206. The number of nitro groups is 1. The number of methoxy groups -OCH3 is 1. The highest BCUT2D eigenvalue weighted by Gasteiger charge is 2.22. The Bertz CT molecular complexity index is 986. The SMILES string of the molecule is COC(=O)C=Cc1ccc(Oc2ccc(OC3CCCCNC3=O)cc2)c([N+](=O)[O-])c1. The maximum Gasteiger partial charge on any atom is 0.330 e. The van der Waals surface area contributed by atoms with Crippen molar-refractivity contribution >= 4 is 23.6 Å². The number of rotatable bonds is 7. The summed E-state index contributed by atoms with van der Waals surface area (Å²) in [6.45, 7) is 0.654. The Morgan fingerprint density at radius 3 is 2.61 bits per heavy atom. The van der Waals surface area contributed by atoms with Crippen LogP contribution in [0.25, 0.3) is 6.08 Å². The van der Waals surface area contributed by atoms with Gasteiger partial charge in [-0.2, -0.15) is 0 Å². The van der Waals surface area contributed by atoms with Crippen molar-refractivity contribution in [2.45, 2.75) is 25.4 Å². The standard InChI is InChI=1S/C22H22N2O7/c1-29-21(25)12-6-15-5-11-19(18(14-15)24(27)28)30-16-7-9-17(10-8-16)31-20-4-2-3-13-23-22(20)26/h5-12,14,20H,2-4,13H2,1H3,(H,23,26).